The molecule has 1 aromatic carbocycles. The summed E-state index contributed by atoms with van der Waals surface area (Å²) >= 11 is 0. The molecule has 24 heavy (non-hydrogen) atoms. The maximum absolute atomic E-state index is 12.4. The van der Waals surface area contributed by atoms with Crippen LogP contribution in [-0.2, 0) is 4.74 Å². The quantitative estimate of drug-likeness (QED) is 0.801. The van der Waals surface area contributed by atoms with Crippen LogP contribution in [0.25, 0.3) is 10.8 Å². The third-order valence-electron chi connectivity index (χ3n) is 4.26. The van der Waals surface area contributed by atoms with Crippen molar-refractivity contribution < 1.29 is 9.53 Å². The Balaban J connectivity index is 1.77. The van der Waals surface area contributed by atoms with Crippen LogP contribution in [0.3, 0.4) is 0 Å². The molecule has 2 aromatic rings. The molecule has 1 fully saturated rings. The first-order valence-corrected chi connectivity index (χ1v) is 8.42. The van der Waals surface area contributed by atoms with Crippen molar-refractivity contribution in [2.75, 3.05) is 24.5 Å². The van der Waals surface area contributed by atoms with E-state index in [0.29, 0.717) is 6.54 Å². The molecule has 1 amide bonds. The molecular weight excluding hydrogens is 302 g/mol. The monoisotopic (exact) mass is 327 g/mol. The number of carbonyl (C=O) groups excluding carboxylic acids is 1. The number of rotatable bonds is 1. The van der Waals surface area contributed by atoms with Crippen molar-refractivity contribution in [1.29, 1.82) is 0 Å². The molecule has 2 heterocycles. The first-order chi connectivity index (χ1) is 11.3. The molecule has 1 aliphatic heterocycles. The Morgan fingerprint density at radius 2 is 2.04 bits per heavy atom. The van der Waals surface area contributed by atoms with Gasteiger partial charge in [0.05, 0.1) is 0 Å². The van der Waals surface area contributed by atoms with Gasteiger partial charge in [0.15, 0.2) is 0 Å². The maximum Gasteiger partial charge on any atom is 0.410 e. The van der Waals surface area contributed by atoms with Gasteiger partial charge in [0.2, 0.25) is 0 Å². The number of benzene rings is 1. The van der Waals surface area contributed by atoms with Gasteiger partial charge >= 0.3 is 6.09 Å². The van der Waals surface area contributed by atoms with E-state index in [1.165, 1.54) is 11.1 Å². The molecule has 0 spiro atoms. The van der Waals surface area contributed by atoms with Gasteiger partial charge in [-0.1, -0.05) is 12.1 Å². The highest BCUT2D eigenvalue weighted by molar-refractivity contribution is 5.93. The molecule has 1 atom stereocenters. The number of ether oxygens (including phenoxy) is 1. The van der Waals surface area contributed by atoms with Crippen molar-refractivity contribution in [2.24, 2.45) is 0 Å². The molecule has 0 aliphatic carbocycles. The lowest BCUT2D eigenvalue weighted by Gasteiger charge is -2.41. The molecular formula is C19H25N3O2. The van der Waals surface area contributed by atoms with Crippen molar-refractivity contribution in [3.63, 3.8) is 0 Å². The molecule has 128 valence electrons. The molecule has 1 aliphatic rings. The predicted molar refractivity (Wildman–Crippen MR) is 96.4 cm³/mol. The fraction of sp³-hybridized carbons (Fsp3) is 0.474. The Labute approximate surface area is 143 Å². The second kappa shape index (κ2) is 6.30. The average Bonchev–Trinajstić information content (AvgIpc) is 2.52. The highest BCUT2D eigenvalue weighted by Gasteiger charge is 2.31. The Kier molecular flexibility index (Phi) is 4.35. The third kappa shape index (κ3) is 3.45. The van der Waals surface area contributed by atoms with E-state index in [0.717, 1.165) is 18.5 Å². The summed E-state index contributed by atoms with van der Waals surface area (Å²) in [5.41, 5.74) is 0.714. The minimum Gasteiger partial charge on any atom is -0.444 e. The smallest absolute Gasteiger partial charge is 0.410 e. The second-order valence-electron chi connectivity index (χ2n) is 7.34. The molecule has 0 radical (unpaired) electrons. The number of hydrogen-bond acceptors (Lipinski definition) is 4. The summed E-state index contributed by atoms with van der Waals surface area (Å²) < 4.78 is 5.52. The van der Waals surface area contributed by atoms with Crippen LogP contribution in [0.1, 0.15) is 27.7 Å². The summed E-state index contributed by atoms with van der Waals surface area (Å²) in [5, 5.41) is 2.34. The SMILES string of the molecule is CC1CN(c2cccc3ccncc23)CCN1C(=O)OC(C)(C)C. The van der Waals surface area contributed by atoms with Crippen LogP contribution in [0.5, 0.6) is 0 Å². The largest absolute Gasteiger partial charge is 0.444 e. The van der Waals surface area contributed by atoms with Crippen LogP contribution in [0.4, 0.5) is 10.5 Å². The lowest BCUT2D eigenvalue weighted by Crippen LogP contribution is -2.55. The highest BCUT2D eigenvalue weighted by atomic mass is 16.6. The minimum atomic E-state index is -0.463. The predicted octanol–water partition coefficient (Wildman–Crippen LogP) is 3.68. The number of amides is 1. The van der Waals surface area contributed by atoms with Gasteiger partial charge in [0.25, 0.3) is 0 Å². The minimum absolute atomic E-state index is 0.0977. The van der Waals surface area contributed by atoms with E-state index < -0.39 is 5.60 Å². The van der Waals surface area contributed by atoms with Crippen LogP contribution in [-0.4, -0.2) is 47.3 Å². The summed E-state index contributed by atoms with van der Waals surface area (Å²) in [4.78, 5) is 20.8. The fourth-order valence-corrected chi connectivity index (χ4v) is 3.14. The van der Waals surface area contributed by atoms with Crippen LogP contribution < -0.4 is 4.90 Å². The van der Waals surface area contributed by atoms with E-state index in [-0.39, 0.29) is 12.1 Å². The Hall–Kier alpha value is -2.30. The highest BCUT2D eigenvalue weighted by Crippen LogP contribution is 2.28. The van der Waals surface area contributed by atoms with Crippen LogP contribution in [0, 0.1) is 0 Å². The molecule has 1 saturated heterocycles. The van der Waals surface area contributed by atoms with Gasteiger partial charge in [-0.3, -0.25) is 4.98 Å². The van der Waals surface area contributed by atoms with E-state index in [1.54, 1.807) is 0 Å². The van der Waals surface area contributed by atoms with Crippen molar-refractivity contribution in [3.8, 4) is 0 Å². The van der Waals surface area contributed by atoms with Gasteiger partial charge in [-0.2, -0.15) is 0 Å². The normalized spacial score (nSPS) is 18.8. The third-order valence-corrected chi connectivity index (χ3v) is 4.26. The van der Waals surface area contributed by atoms with Gasteiger partial charge in [0, 0.05) is 49.1 Å². The molecule has 1 unspecified atom stereocenters. The van der Waals surface area contributed by atoms with Gasteiger partial charge in [-0.25, -0.2) is 4.79 Å². The number of fused-ring (bicyclic) bond motifs is 1. The number of piperazine rings is 1. The summed E-state index contributed by atoms with van der Waals surface area (Å²) in [6.07, 6.45) is 3.50. The Bertz CT molecular complexity index is 733. The number of anilines is 1. The van der Waals surface area contributed by atoms with Crippen molar-refractivity contribution in [1.82, 2.24) is 9.88 Å². The van der Waals surface area contributed by atoms with Crippen LogP contribution in [0.15, 0.2) is 36.7 Å². The second-order valence-corrected chi connectivity index (χ2v) is 7.34. The topological polar surface area (TPSA) is 45.7 Å². The van der Waals surface area contributed by atoms with Crippen molar-refractivity contribution in [2.45, 2.75) is 39.3 Å². The van der Waals surface area contributed by atoms with Gasteiger partial charge < -0.3 is 14.5 Å². The summed E-state index contributed by atoms with van der Waals surface area (Å²) in [7, 11) is 0. The van der Waals surface area contributed by atoms with Crippen LogP contribution >= 0.6 is 0 Å². The molecule has 5 nitrogen and oxygen atoms in total. The first-order valence-electron chi connectivity index (χ1n) is 8.42. The number of aromatic nitrogens is 1. The first kappa shape index (κ1) is 16.6. The van der Waals surface area contributed by atoms with Gasteiger partial charge in [-0.15, -0.1) is 0 Å². The summed E-state index contributed by atoms with van der Waals surface area (Å²) in [6, 6.07) is 8.42. The van der Waals surface area contributed by atoms with Crippen LogP contribution in [0.2, 0.25) is 0 Å². The lowest BCUT2D eigenvalue weighted by atomic mass is 10.1. The Morgan fingerprint density at radius 1 is 1.25 bits per heavy atom. The zero-order valence-corrected chi connectivity index (χ0v) is 14.8. The lowest BCUT2D eigenvalue weighted by molar-refractivity contribution is 0.0159. The fourth-order valence-electron chi connectivity index (χ4n) is 3.14. The maximum atomic E-state index is 12.4. The molecule has 0 saturated carbocycles. The van der Waals surface area contributed by atoms with E-state index >= 15 is 0 Å². The molecule has 0 N–H and O–H groups in total. The standard InChI is InChI=1S/C19H25N3O2/c1-14-13-21(10-11-22(14)18(23)24-19(2,3)4)17-7-5-6-15-8-9-20-12-16(15)17/h5-9,12,14H,10-11,13H2,1-4H3. The van der Waals surface area contributed by atoms with Crippen molar-refractivity contribution in [3.05, 3.63) is 36.7 Å². The molecule has 1 aromatic heterocycles. The summed E-state index contributed by atoms with van der Waals surface area (Å²) in [5.74, 6) is 0. The molecule has 3 rings (SSSR count). The average molecular weight is 327 g/mol. The van der Waals surface area contributed by atoms with Crippen molar-refractivity contribution >= 4 is 22.6 Å². The zero-order valence-electron chi connectivity index (χ0n) is 14.8. The van der Waals surface area contributed by atoms with E-state index in [9.17, 15) is 4.79 Å². The summed E-state index contributed by atoms with van der Waals surface area (Å²) in [6.45, 7) is 10.00. The number of carbonyl (C=O) groups is 1. The van der Waals surface area contributed by atoms with E-state index in [1.807, 2.05) is 44.1 Å². The Morgan fingerprint density at radius 3 is 2.75 bits per heavy atom. The molecule has 5 heteroatoms. The molecule has 0 bridgehead atoms. The zero-order chi connectivity index (χ0) is 17.3. The van der Waals surface area contributed by atoms with Gasteiger partial charge in [-0.05, 0) is 45.2 Å². The van der Waals surface area contributed by atoms with E-state index in [4.69, 9.17) is 4.74 Å². The van der Waals surface area contributed by atoms with Gasteiger partial charge in [0.1, 0.15) is 5.60 Å². The van der Waals surface area contributed by atoms with E-state index in [2.05, 4.69) is 35.0 Å². The number of nitrogens with zero attached hydrogens (tertiary/aromatic N) is 3. The number of pyridine rings is 1. The number of hydrogen-bond donors (Lipinski definition) is 0.